The number of nitrogens with zero attached hydrogens (tertiary/aromatic N) is 4. The number of carbonyl (C=O) groups excluding carboxylic acids is 1. The van der Waals surface area contributed by atoms with E-state index in [0.29, 0.717) is 10.9 Å². The number of hydrogen-bond donors (Lipinski definition) is 1. The molecule has 0 aliphatic carbocycles. The highest BCUT2D eigenvalue weighted by Gasteiger charge is 2.15. The first-order valence-electron chi connectivity index (χ1n) is 7.55. The average Bonchev–Trinajstić information content (AvgIpc) is 3.31. The molecule has 0 saturated carbocycles. The fraction of sp³-hybridized carbons (Fsp3) is 0.250. The van der Waals surface area contributed by atoms with Gasteiger partial charge >= 0.3 is 0 Å². The van der Waals surface area contributed by atoms with Crippen LogP contribution in [0.15, 0.2) is 52.2 Å². The number of carbonyl (C=O) groups is 1. The molecule has 0 fully saturated rings. The Bertz CT molecular complexity index is 817. The van der Waals surface area contributed by atoms with Crippen LogP contribution in [0.2, 0.25) is 0 Å². The maximum atomic E-state index is 12.1. The maximum absolute atomic E-state index is 12.1. The van der Waals surface area contributed by atoms with E-state index in [1.807, 2.05) is 37.3 Å². The molecule has 1 atom stereocenters. The van der Waals surface area contributed by atoms with Crippen molar-refractivity contribution in [2.75, 3.05) is 12.9 Å². The van der Waals surface area contributed by atoms with Crippen molar-refractivity contribution in [1.82, 2.24) is 25.5 Å². The van der Waals surface area contributed by atoms with Crippen LogP contribution in [0, 0.1) is 0 Å². The van der Waals surface area contributed by atoms with E-state index < -0.39 is 0 Å². The Labute approximate surface area is 148 Å². The number of rotatable bonds is 7. The summed E-state index contributed by atoms with van der Waals surface area (Å²) < 4.78 is 12.0. The van der Waals surface area contributed by atoms with Crippen molar-refractivity contribution >= 4 is 17.7 Å². The van der Waals surface area contributed by atoms with Crippen molar-refractivity contribution in [1.29, 1.82) is 0 Å². The van der Waals surface area contributed by atoms with E-state index in [2.05, 4.69) is 20.8 Å². The predicted octanol–water partition coefficient (Wildman–Crippen LogP) is 2.23. The Morgan fingerprint density at radius 1 is 1.36 bits per heavy atom. The molecule has 1 amide bonds. The molecule has 0 aliphatic rings. The van der Waals surface area contributed by atoms with Gasteiger partial charge in [-0.15, -0.1) is 5.10 Å². The van der Waals surface area contributed by atoms with Gasteiger partial charge in [0.2, 0.25) is 11.1 Å². The van der Waals surface area contributed by atoms with E-state index >= 15 is 0 Å². The van der Waals surface area contributed by atoms with Gasteiger partial charge in [0.1, 0.15) is 11.5 Å². The Kier molecular flexibility index (Phi) is 5.34. The van der Waals surface area contributed by atoms with Crippen LogP contribution in [0.25, 0.3) is 5.69 Å². The van der Waals surface area contributed by atoms with E-state index in [0.717, 1.165) is 11.4 Å². The van der Waals surface area contributed by atoms with Crippen LogP contribution >= 0.6 is 11.8 Å². The molecular weight excluding hydrogens is 342 g/mol. The fourth-order valence-electron chi connectivity index (χ4n) is 2.18. The quantitative estimate of drug-likeness (QED) is 0.646. The molecule has 9 heteroatoms. The minimum Gasteiger partial charge on any atom is -0.497 e. The zero-order valence-corrected chi connectivity index (χ0v) is 14.6. The lowest BCUT2D eigenvalue weighted by molar-refractivity contribution is -0.119. The summed E-state index contributed by atoms with van der Waals surface area (Å²) in [4.78, 5) is 12.1. The molecule has 0 aliphatic heterocycles. The standard InChI is InChI=1S/C16H17N5O3S/c1-11(14-4-3-9-24-14)17-15(22)10-25-16-18-19-20-21(16)12-5-7-13(23-2)8-6-12/h3-9,11H,10H2,1-2H3,(H,17,22)/t11-/m1/s1. The van der Waals surface area contributed by atoms with Gasteiger partial charge in [-0.2, -0.15) is 4.68 Å². The second kappa shape index (κ2) is 7.84. The van der Waals surface area contributed by atoms with E-state index in [4.69, 9.17) is 9.15 Å². The molecule has 2 aromatic heterocycles. The lowest BCUT2D eigenvalue weighted by Crippen LogP contribution is -2.28. The first kappa shape index (κ1) is 17.0. The zero-order valence-electron chi connectivity index (χ0n) is 13.7. The summed E-state index contributed by atoms with van der Waals surface area (Å²) in [6, 6.07) is 10.8. The van der Waals surface area contributed by atoms with E-state index in [-0.39, 0.29) is 17.7 Å². The molecule has 0 spiro atoms. The van der Waals surface area contributed by atoms with Crippen molar-refractivity contribution in [3.05, 3.63) is 48.4 Å². The van der Waals surface area contributed by atoms with Gasteiger partial charge in [0, 0.05) is 0 Å². The highest BCUT2D eigenvalue weighted by atomic mass is 32.2. The zero-order chi connectivity index (χ0) is 17.6. The van der Waals surface area contributed by atoms with Crippen LogP contribution in [0.3, 0.4) is 0 Å². The maximum Gasteiger partial charge on any atom is 0.231 e. The SMILES string of the molecule is COc1ccc(-n2nnnc2SCC(=O)N[C@H](C)c2ccco2)cc1. The lowest BCUT2D eigenvalue weighted by atomic mass is 10.2. The van der Waals surface area contributed by atoms with Crippen molar-refractivity contribution in [3.63, 3.8) is 0 Å². The summed E-state index contributed by atoms with van der Waals surface area (Å²) in [7, 11) is 1.61. The monoisotopic (exact) mass is 359 g/mol. The number of thioether (sulfide) groups is 1. The molecule has 1 aromatic carbocycles. The fourth-order valence-corrected chi connectivity index (χ4v) is 2.88. The molecule has 3 rings (SSSR count). The minimum atomic E-state index is -0.194. The number of furan rings is 1. The second-order valence-electron chi connectivity index (χ2n) is 5.16. The molecule has 0 bridgehead atoms. The highest BCUT2D eigenvalue weighted by molar-refractivity contribution is 7.99. The van der Waals surface area contributed by atoms with Crippen LogP contribution in [0.5, 0.6) is 5.75 Å². The average molecular weight is 359 g/mol. The number of tetrazole rings is 1. The van der Waals surface area contributed by atoms with Crippen LogP contribution in [-0.2, 0) is 4.79 Å². The summed E-state index contributed by atoms with van der Waals surface area (Å²) in [6.45, 7) is 1.86. The molecule has 25 heavy (non-hydrogen) atoms. The molecule has 2 heterocycles. The summed E-state index contributed by atoms with van der Waals surface area (Å²) in [5.41, 5.74) is 0.790. The van der Waals surface area contributed by atoms with Gasteiger partial charge in [-0.05, 0) is 53.7 Å². The molecule has 0 radical (unpaired) electrons. The molecule has 0 saturated heterocycles. The summed E-state index contributed by atoms with van der Waals surface area (Å²) in [5, 5.41) is 15.0. The molecular formula is C16H17N5O3S. The largest absolute Gasteiger partial charge is 0.497 e. The van der Waals surface area contributed by atoms with Crippen molar-refractivity contribution < 1.29 is 13.9 Å². The van der Waals surface area contributed by atoms with Gasteiger partial charge < -0.3 is 14.5 Å². The minimum absolute atomic E-state index is 0.127. The van der Waals surface area contributed by atoms with Crippen LogP contribution in [0.4, 0.5) is 0 Å². The summed E-state index contributed by atoms with van der Waals surface area (Å²) in [6.07, 6.45) is 1.58. The third kappa shape index (κ3) is 4.18. The Balaban J connectivity index is 1.60. The van der Waals surface area contributed by atoms with Gasteiger partial charge in [-0.25, -0.2) is 0 Å². The smallest absolute Gasteiger partial charge is 0.231 e. The molecule has 8 nitrogen and oxygen atoms in total. The number of amides is 1. The first-order valence-corrected chi connectivity index (χ1v) is 8.54. The molecule has 1 N–H and O–H groups in total. The van der Waals surface area contributed by atoms with E-state index in [1.165, 1.54) is 11.8 Å². The number of benzene rings is 1. The number of aromatic nitrogens is 4. The van der Waals surface area contributed by atoms with Crippen LogP contribution < -0.4 is 10.1 Å². The Morgan fingerprint density at radius 2 is 2.16 bits per heavy atom. The van der Waals surface area contributed by atoms with Crippen molar-refractivity contribution in [2.45, 2.75) is 18.1 Å². The van der Waals surface area contributed by atoms with E-state index in [9.17, 15) is 4.79 Å². The number of ether oxygens (including phenoxy) is 1. The molecule has 130 valence electrons. The summed E-state index contributed by atoms with van der Waals surface area (Å²) >= 11 is 1.26. The first-order chi connectivity index (χ1) is 12.2. The van der Waals surface area contributed by atoms with Gasteiger partial charge in [-0.3, -0.25) is 4.79 Å². The van der Waals surface area contributed by atoms with Crippen molar-refractivity contribution in [2.24, 2.45) is 0 Å². The Hall–Kier alpha value is -2.81. The molecule has 3 aromatic rings. The predicted molar refractivity (Wildman–Crippen MR) is 91.7 cm³/mol. The highest BCUT2D eigenvalue weighted by Crippen LogP contribution is 2.20. The van der Waals surface area contributed by atoms with Gasteiger partial charge in [0.05, 0.1) is 30.9 Å². The number of nitrogens with one attached hydrogen (secondary N) is 1. The summed E-state index contributed by atoms with van der Waals surface area (Å²) in [5.74, 6) is 1.53. The van der Waals surface area contributed by atoms with Gasteiger partial charge in [-0.1, -0.05) is 11.8 Å². The molecule has 0 unspecified atom stereocenters. The van der Waals surface area contributed by atoms with Gasteiger partial charge in [0.15, 0.2) is 0 Å². The van der Waals surface area contributed by atoms with Crippen LogP contribution in [-0.4, -0.2) is 39.0 Å². The number of hydrogen-bond acceptors (Lipinski definition) is 7. The second-order valence-corrected chi connectivity index (χ2v) is 6.11. The van der Waals surface area contributed by atoms with Gasteiger partial charge in [0.25, 0.3) is 0 Å². The Morgan fingerprint density at radius 3 is 2.84 bits per heavy atom. The number of methoxy groups -OCH3 is 1. The van der Waals surface area contributed by atoms with Crippen molar-refractivity contribution in [3.8, 4) is 11.4 Å². The van der Waals surface area contributed by atoms with Crippen LogP contribution in [0.1, 0.15) is 18.7 Å². The lowest BCUT2D eigenvalue weighted by Gasteiger charge is -2.11. The van der Waals surface area contributed by atoms with E-state index in [1.54, 1.807) is 24.1 Å². The third-order valence-corrected chi connectivity index (χ3v) is 4.36. The normalized spacial score (nSPS) is 11.9. The third-order valence-electron chi connectivity index (χ3n) is 3.44. The topological polar surface area (TPSA) is 95.1 Å².